The number of esters is 1. The summed E-state index contributed by atoms with van der Waals surface area (Å²) in [5, 5.41) is 12.5. The molecular weight excluding hydrogens is 458 g/mol. The number of carbonyl (C=O) groups excluding carboxylic acids is 2. The molecule has 0 bridgehead atoms. The molecule has 7 heteroatoms. The lowest BCUT2D eigenvalue weighted by Crippen LogP contribution is -2.39. The molecule has 0 saturated heterocycles. The fraction of sp³-hybridized carbons (Fsp3) is 0.414. The predicted octanol–water partition coefficient (Wildman–Crippen LogP) is 5.83. The fourth-order valence-electron chi connectivity index (χ4n) is 4.20. The Balaban J connectivity index is 1.72. The van der Waals surface area contributed by atoms with Gasteiger partial charge in [-0.2, -0.15) is 0 Å². The van der Waals surface area contributed by atoms with Crippen molar-refractivity contribution in [1.29, 1.82) is 0 Å². The Hall–Kier alpha value is -3.61. The van der Waals surface area contributed by atoms with Gasteiger partial charge in [0.2, 0.25) is 0 Å². The summed E-state index contributed by atoms with van der Waals surface area (Å²) in [5.41, 5.74) is -0.124. The molecule has 2 aromatic carbocycles. The van der Waals surface area contributed by atoms with Crippen LogP contribution in [0.2, 0.25) is 0 Å². The second-order valence-corrected chi connectivity index (χ2v) is 9.67. The zero-order valence-electron chi connectivity index (χ0n) is 21.7. The first-order valence-corrected chi connectivity index (χ1v) is 12.2. The van der Waals surface area contributed by atoms with Gasteiger partial charge in [-0.15, -0.1) is 0 Å². The molecule has 3 aromatic rings. The molecule has 7 nitrogen and oxygen atoms in total. The van der Waals surface area contributed by atoms with E-state index in [2.05, 4.69) is 4.98 Å². The zero-order chi connectivity index (χ0) is 26.4. The lowest BCUT2D eigenvalue weighted by molar-refractivity contribution is -0.160. The van der Waals surface area contributed by atoms with Crippen LogP contribution < -0.4 is 9.47 Å². The molecule has 0 radical (unpaired) electrons. The van der Waals surface area contributed by atoms with Crippen molar-refractivity contribution < 1.29 is 28.9 Å². The smallest absolute Gasteiger partial charge is 0.310 e. The molecule has 0 saturated carbocycles. The molecule has 0 amide bonds. The molecule has 0 fully saturated rings. The highest BCUT2D eigenvalue weighted by Crippen LogP contribution is 2.31. The van der Waals surface area contributed by atoms with Gasteiger partial charge in [0.1, 0.15) is 18.0 Å². The van der Waals surface area contributed by atoms with Gasteiger partial charge in [0.15, 0.2) is 23.0 Å². The van der Waals surface area contributed by atoms with Gasteiger partial charge in [0.25, 0.3) is 0 Å². The normalized spacial score (nSPS) is 13.9. The highest BCUT2D eigenvalue weighted by Gasteiger charge is 2.33. The van der Waals surface area contributed by atoms with E-state index in [0.29, 0.717) is 5.75 Å². The van der Waals surface area contributed by atoms with Crippen molar-refractivity contribution in [3.8, 4) is 17.2 Å². The van der Waals surface area contributed by atoms with Crippen molar-refractivity contribution in [1.82, 2.24) is 4.98 Å². The standard InChI is InChI=1S/C29H35NO6/c1-17(2)23(16-24(31)26-27(32)25(34-6)13-14-30-26)29(33)35-19(5)28(18(3)4)36-22-12-11-20-9-7-8-10-21(20)15-22/h7-15,17-19,23,28,32H,16H2,1-6H3/t19-,23-,28+/m0/s1. The fourth-order valence-corrected chi connectivity index (χ4v) is 4.20. The first kappa shape index (κ1) is 27.0. The third-order valence-electron chi connectivity index (χ3n) is 6.30. The van der Waals surface area contributed by atoms with Gasteiger partial charge < -0.3 is 19.3 Å². The zero-order valence-corrected chi connectivity index (χ0v) is 21.7. The maximum absolute atomic E-state index is 13.2. The van der Waals surface area contributed by atoms with Crippen LogP contribution in [0, 0.1) is 17.8 Å². The van der Waals surface area contributed by atoms with E-state index in [9.17, 15) is 14.7 Å². The number of aromatic hydroxyl groups is 1. The molecule has 36 heavy (non-hydrogen) atoms. The summed E-state index contributed by atoms with van der Waals surface area (Å²) in [6, 6.07) is 15.4. The molecule has 1 N–H and O–H groups in total. The van der Waals surface area contributed by atoms with Gasteiger partial charge in [0.05, 0.1) is 13.0 Å². The predicted molar refractivity (Wildman–Crippen MR) is 138 cm³/mol. The number of methoxy groups -OCH3 is 1. The minimum Gasteiger partial charge on any atom is -0.503 e. The lowest BCUT2D eigenvalue weighted by atomic mass is 9.89. The van der Waals surface area contributed by atoms with Gasteiger partial charge in [-0.25, -0.2) is 4.98 Å². The Labute approximate surface area is 212 Å². The minimum atomic E-state index is -0.708. The molecular formula is C29H35NO6. The summed E-state index contributed by atoms with van der Waals surface area (Å²) in [6.45, 7) is 9.54. The van der Waals surface area contributed by atoms with Crippen LogP contribution in [0.5, 0.6) is 17.2 Å². The average molecular weight is 494 g/mol. The maximum Gasteiger partial charge on any atom is 0.310 e. The molecule has 0 aliphatic heterocycles. The molecule has 0 aliphatic carbocycles. The summed E-state index contributed by atoms with van der Waals surface area (Å²) < 4.78 is 17.2. The van der Waals surface area contributed by atoms with Crippen LogP contribution in [0.4, 0.5) is 0 Å². The minimum absolute atomic E-state index is 0.0660. The van der Waals surface area contributed by atoms with E-state index >= 15 is 0 Å². The van der Waals surface area contributed by atoms with Crippen LogP contribution in [0.15, 0.2) is 54.7 Å². The summed E-state index contributed by atoms with van der Waals surface area (Å²) in [6.07, 6.45) is 0.300. The number of pyridine rings is 1. The first-order valence-electron chi connectivity index (χ1n) is 12.2. The molecule has 1 aromatic heterocycles. The number of Topliss-reactive ketones (excluding diaryl/α,β-unsaturated/α-hetero) is 1. The van der Waals surface area contributed by atoms with Crippen molar-refractivity contribution >= 4 is 22.5 Å². The van der Waals surface area contributed by atoms with E-state index in [4.69, 9.17) is 14.2 Å². The topological polar surface area (TPSA) is 95.0 Å². The second kappa shape index (κ2) is 11.9. The van der Waals surface area contributed by atoms with E-state index in [1.807, 2.05) is 70.2 Å². The van der Waals surface area contributed by atoms with Crippen LogP contribution in [0.3, 0.4) is 0 Å². The second-order valence-electron chi connectivity index (χ2n) is 9.67. The van der Waals surface area contributed by atoms with Crippen molar-refractivity contribution in [2.75, 3.05) is 7.11 Å². The quantitative estimate of drug-likeness (QED) is 0.265. The molecule has 3 rings (SSSR count). The number of ketones is 1. The van der Waals surface area contributed by atoms with E-state index in [-0.39, 0.29) is 41.6 Å². The van der Waals surface area contributed by atoms with Crippen molar-refractivity contribution in [2.24, 2.45) is 17.8 Å². The first-order chi connectivity index (χ1) is 17.1. The summed E-state index contributed by atoms with van der Waals surface area (Å²) in [7, 11) is 1.39. The Kier molecular flexibility index (Phi) is 8.91. The van der Waals surface area contributed by atoms with Crippen LogP contribution >= 0.6 is 0 Å². The lowest BCUT2D eigenvalue weighted by Gasteiger charge is -2.30. The number of ether oxygens (including phenoxy) is 3. The summed E-state index contributed by atoms with van der Waals surface area (Å²) >= 11 is 0. The molecule has 0 unspecified atom stereocenters. The molecule has 1 heterocycles. The van der Waals surface area contributed by atoms with E-state index in [1.54, 1.807) is 6.92 Å². The van der Waals surface area contributed by atoms with E-state index in [1.165, 1.54) is 19.4 Å². The van der Waals surface area contributed by atoms with Crippen molar-refractivity contribution in [3.05, 3.63) is 60.4 Å². The largest absolute Gasteiger partial charge is 0.503 e. The molecule has 3 atom stereocenters. The Bertz CT molecular complexity index is 1210. The van der Waals surface area contributed by atoms with Gasteiger partial charge in [-0.3, -0.25) is 9.59 Å². The highest BCUT2D eigenvalue weighted by atomic mass is 16.6. The van der Waals surface area contributed by atoms with Crippen LogP contribution in [-0.2, 0) is 9.53 Å². The van der Waals surface area contributed by atoms with Gasteiger partial charge in [-0.05, 0) is 41.7 Å². The number of aromatic nitrogens is 1. The number of benzene rings is 2. The third-order valence-corrected chi connectivity index (χ3v) is 6.30. The highest BCUT2D eigenvalue weighted by molar-refractivity contribution is 5.99. The number of hydrogen-bond donors (Lipinski definition) is 1. The summed E-state index contributed by atoms with van der Waals surface area (Å²) in [5.74, 6) is -1.24. The molecule has 0 aliphatic rings. The SMILES string of the molecule is COc1ccnc(C(=O)C[C@H](C(=O)O[C@@H](C)[C@H](Oc2ccc3ccccc3c2)C(C)C)C(C)C)c1O. The van der Waals surface area contributed by atoms with Gasteiger partial charge in [0, 0.05) is 18.7 Å². The van der Waals surface area contributed by atoms with Crippen LogP contribution in [0.1, 0.15) is 51.5 Å². The van der Waals surface area contributed by atoms with Crippen LogP contribution in [-0.4, -0.2) is 41.2 Å². The maximum atomic E-state index is 13.2. The molecule has 192 valence electrons. The average Bonchev–Trinajstić information content (AvgIpc) is 2.85. The van der Waals surface area contributed by atoms with Crippen molar-refractivity contribution in [3.63, 3.8) is 0 Å². The van der Waals surface area contributed by atoms with Crippen LogP contribution in [0.25, 0.3) is 10.8 Å². The number of nitrogens with zero attached hydrogens (tertiary/aromatic N) is 1. The number of hydrogen-bond acceptors (Lipinski definition) is 7. The Morgan fingerprint density at radius 1 is 0.944 bits per heavy atom. The number of rotatable bonds is 11. The van der Waals surface area contributed by atoms with Gasteiger partial charge >= 0.3 is 5.97 Å². The van der Waals surface area contributed by atoms with Crippen molar-refractivity contribution in [2.45, 2.75) is 53.2 Å². The Morgan fingerprint density at radius 2 is 1.64 bits per heavy atom. The number of carbonyl (C=O) groups is 2. The van der Waals surface area contributed by atoms with E-state index < -0.39 is 23.8 Å². The monoisotopic (exact) mass is 493 g/mol. The summed E-state index contributed by atoms with van der Waals surface area (Å²) in [4.78, 5) is 30.1. The van der Waals surface area contributed by atoms with Gasteiger partial charge in [-0.1, -0.05) is 58.0 Å². The van der Waals surface area contributed by atoms with E-state index in [0.717, 1.165) is 10.8 Å². The number of fused-ring (bicyclic) bond motifs is 1. The third kappa shape index (κ3) is 6.33. The Morgan fingerprint density at radius 3 is 2.28 bits per heavy atom. The molecule has 0 spiro atoms.